The zero-order valence-electron chi connectivity index (χ0n) is 8.94. The summed E-state index contributed by atoms with van der Waals surface area (Å²) in [4.78, 5) is 33.7. The van der Waals surface area contributed by atoms with E-state index in [1.165, 1.54) is 12.1 Å². The topological polar surface area (TPSA) is 115 Å². The van der Waals surface area contributed by atoms with Crippen LogP contribution in [0.4, 0.5) is 0 Å². The lowest BCUT2D eigenvalue weighted by Crippen LogP contribution is -2.52. The van der Waals surface area contributed by atoms with Crippen LogP contribution in [0.1, 0.15) is 10.4 Å². The van der Waals surface area contributed by atoms with Crippen molar-refractivity contribution >= 4 is 45.3 Å². The van der Waals surface area contributed by atoms with Gasteiger partial charge in [0.05, 0.1) is 10.6 Å². The molecule has 6 nitrogen and oxygen atoms in total. The minimum atomic E-state index is -1.58. The Morgan fingerprint density at radius 3 is 2.28 bits per heavy atom. The molecule has 96 valence electrons. The molecule has 0 saturated carbocycles. The van der Waals surface area contributed by atoms with Crippen molar-refractivity contribution in [3.05, 3.63) is 33.3 Å². The Labute approximate surface area is 116 Å². The van der Waals surface area contributed by atoms with Gasteiger partial charge in [-0.2, -0.15) is 0 Å². The molecule has 1 rings (SSSR count). The molecule has 0 bridgehead atoms. The molecule has 1 aromatic rings. The minimum Gasteiger partial charge on any atom is -0.367 e. The Kier molecular flexibility index (Phi) is 4.69. The number of carbonyl (C=O) groups excluding carboxylic acids is 3. The molecule has 1 aromatic carbocycles. The number of halogens is 2. The second kappa shape index (κ2) is 5.83. The number of nitrogens with one attached hydrogen (secondary N) is 1. The Morgan fingerprint density at radius 1 is 1.22 bits per heavy atom. The first kappa shape index (κ1) is 14.5. The number of nitrogens with two attached hydrogens (primary N) is 2. The maximum atomic E-state index is 11.8. The van der Waals surface area contributed by atoms with Crippen molar-refractivity contribution in [3.8, 4) is 0 Å². The monoisotopic (exact) mass is 333 g/mol. The molecule has 0 unspecified atom stereocenters. The zero-order chi connectivity index (χ0) is 13.9. The highest BCUT2D eigenvalue weighted by Gasteiger charge is 2.25. The zero-order valence-corrected chi connectivity index (χ0v) is 11.3. The summed E-state index contributed by atoms with van der Waals surface area (Å²) in [5, 5.41) is 2.28. The molecule has 8 heteroatoms. The average Bonchev–Trinajstić information content (AvgIpc) is 2.28. The second-order valence-electron chi connectivity index (χ2n) is 3.34. The van der Waals surface area contributed by atoms with Gasteiger partial charge < -0.3 is 16.8 Å². The minimum absolute atomic E-state index is 0.0959. The summed E-state index contributed by atoms with van der Waals surface area (Å²) in [5.41, 5.74) is 9.97. The fourth-order valence-electron chi connectivity index (χ4n) is 1.16. The van der Waals surface area contributed by atoms with Gasteiger partial charge in [-0.3, -0.25) is 14.4 Å². The van der Waals surface area contributed by atoms with Crippen molar-refractivity contribution in [2.24, 2.45) is 11.5 Å². The van der Waals surface area contributed by atoms with Crippen molar-refractivity contribution < 1.29 is 14.4 Å². The van der Waals surface area contributed by atoms with Gasteiger partial charge in [0.25, 0.3) is 5.91 Å². The Bertz CT molecular complexity index is 507. The SMILES string of the molecule is NC(=O)C(NC(=O)c1cc(Br)ccc1Cl)C(N)=O. The van der Waals surface area contributed by atoms with Gasteiger partial charge in [-0.25, -0.2) is 0 Å². The largest absolute Gasteiger partial charge is 0.367 e. The van der Waals surface area contributed by atoms with Gasteiger partial charge in [0.15, 0.2) is 6.04 Å². The molecule has 0 saturated heterocycles. The molecule has 0 aliphatic heterocycles. The first-order valence-corrected chi connectivity index (χ1v) is 5.84. The summed E-state index contributed by atoms with van der Waals surface area (Å²) < 4.78 is 0.617. The van der Waals surface area contributed by atoms with Crippen LogP contribution in [0.5, 0.6) is 0 Å². The van der Waals surface area contributed by atoms with E-state index in [1.807, 2.05) is 0 Å². The number of primary amides is 2. The van der Waals surface area contributed by atoms with Crippen molar-refractivity contribution in [1.29, 1.82) is 0 Å². The third-order valence-corrected chi connectivity index (χ3v) is 2.84. The maximum Gasteiger partial charge on any atom is 0.253 e. The molecule has 18 heavy (non-hydrogen) atoms. The van der Waals surface area contributed by atoms with Crippen LogP contribution in [0.25, 0.3) is 0 Å². The van der Waals surface area contributed by atoms with Gasteiger partial charge >= 0.3 is 0 Å². The summed E-state index contributed by atoms with van der Waals surface area (Å²) >= 11 is 8.99. The Morgan fingerprint density at radius 2 is 1.78 bits per heavy atom. The normalized spacial score (nSPS) is 10.2. The third kappa shape index (κ3) is 3.44. The molecule has 0 atom stereocenters. The molecule has 0 aromatic heterocycles. The van der Waals surface area contributed by atoms with Crippen molar-refractivity contribution in [2.45, 2.75) is 6.04 Å². The highest BCUT2D eigenvalue weighted by molar-refractivity contribution is 9.10. The molecule has 5 N–H and O–H groups in total. The lowest BCUT2D eigenvalue weighted by molar-refractivity contribution is -0.128. The third-order valence-electron chi connectivity index (χ3n) is 2.02. The van der Waals surface area contributed by atoms with E-state index in [4.69, 9.17) is 23.1 Å². The average molecular weight is 335 g/mol. The van der Waals surface area contributed by atoms with Gasteiger partial charge in [-0.05, 0) is 18.2 Å². The predicted molar refractivity (Wildman–Crippen MR) is 68.8 cm³/mol. The van der Waals surface area contributed by atoms with E-state index in [0.717, 1.165) is 0 Å². The molecule has 0 spiro atoms. The quantitative estimate of drug-likeness (QED) is 0.682. The van der Waals surface area contributed by atoms with E-state index in [9.17, 15) is 14.4 Å². The summed E-state index contributed by atoms with van der Waals surface area (Å²) in [6.07, 6.45) is 0. The highest BCUT2D eigenvalue weighted by Crippen LogP contribution is 2.20. The highest BCUT2D eigenvalue weighted by atomic mass is 79.9. The van der Waals surface area contributed by atoms with Crippen molar-refractivity contribution in [1.82, 2.24) is 5.32 Å². The van der Waals surface area contributed by atoms with Crippen LogP contribution in [0, 0.1) is 0 Å². The van der Waals surface area contributed by atoms with Crippen LogP contribution in [-0.4, -0.2) is 23.8 Å². The van der Waals surface area contributed by atoms with E-state index in [0.29, 0.717) is 4.47 Å². The molecule has 0 fully saturated rings. The second-order valence-corrected chi connectivity index (χ2v) is 4.66. The molecule has 0 heterocycles. The molecule has 0 radical (unpaired) electrons. The lowest BCUT2D eigenvalue weighted by Gasteiger charge is -2.12. The summed E-state index contributed by atoms with van der Waals surface area (Å²) in [6, 6.07) is 2.99. The number of hydrogen-bond donors (Lipinski definition) is 3. The van der Waals surface area contributed by atoms with Gasteiger partial charge in [0.2, 0.25) is 11.8 Å². The fourth-order valence-corrected chi connectivity index (χ4v) is 1.73. The standard InChI is InChI=1S/C10H9BrClN3O3/c11-4-1-2-6(12)5(3-4)10(18)15-7(8(13)16)9(14)17/h1-3,7H,(H2,13,16)(H2,14,17)(H,15,18). The first-order valence-electron chi connectivity index (χ1n) is 4.67. The Hall–Kier alpha value is -1.60. The lowest BCUT2D eigenvalue weighted by atomic mass is 10.2. The van der Waals surface area contributed by atoms with Crippen LogP contribution < -0.4 is 16.8 Å². The number of hydrogen-bond acceptors (Lipinski definition) is 3. The maximum absolute atomic E-state index is 11.8. The molecule has 0 aliphatic rings. The number of rotatable bonds is 4. The summed E-state index contributed by atoms with van der Waals surface area (Å²) in [5.74, 6) is -2.80. The summed E-state index contributed by atoms with van der Waals surface area (Å²) in [7, 11) is 0. The first-order chi connectivity index (χ1) is 8.32. The number of carbonyl (C=O) groups is 3. The molecular formula is C10H9BrClN3O3. The predicted octanol–water partition coefficient (Wildman–Crippen LogP) is 0.171. The van der Waals surface area contributed by atoms with Gasteiger partial charge in [0.1, 0.15) is 0 Å². The molecular weight excluding hydrogens is 325 g/mol. The Balaban J connectivity index is 2.97. The van der Waals surface area contributed by atoms with Crippen LogP contribution in [0.3, 0.4) is 0 Å². The fraction of sp³-hybridized carbons (Fsp3) is 0.100. The van der Waals surface area contributed by atoms with Crippen molar-refractivity contribution in [2.75, 3.05) is 0 Å². The van der Waals surface area contributed by atoms with Gasteiger partial charge in [-0.1, -0.05) is 27.5 Å². The van der Waals surface area contributed by atoms with E-state index in [-0.39, 0.29) is 10.6 Å². The van der Waals surface area contributed by atoms with E-state index in [2.05, 4.69) is 21.2 Å². The van der Waals surface area contributed by atoms with Crippen LogP contribution in [0.2, 0.25) is 5.02 Å². The summed E-state index contributed by atoms with van der Waals surface area (Å²) in [6.45, 7) is 0. The molecule has 3 amide bonds. The number of amides is 3. The van der Waals surface area contributed by atoms with Crippen LogP contribution >= 0.6 is 27.5 Å². The van der Waals surface area contributed by atoms with E-state index in [1.54, 1.807) is 6.07 Å². The molecule has 0 aliphatic carbocycles. The van der Waals surface area contributed by atoms with Crippen molar-refractivity contribution in [3.63, 3.8) is 0 Å². The van der Waals surface area contributed by atoms with Crippen LogP contribution in [0.15, 0.2) is 22.7 Å². The van der Waals surface area contributed by atoms with E-state index >= 15 is 0 Å². The van der Waals surface area contributed by atoms with Gasteiger partial charge in [0, 0.05) is 4.47 Å². The van der Waals surface area contributed by atoms with Crippen LogP contribution in [-0.2, 0) is 9.59 Å². The van der Waals surface area contributed by atoms with Gasteiger partial charge in [-0.15, -0.1) is 0 Å². The number of benzene rings is 1. The van der Waals surface area contributed by atoms with E-state index < -0.39 is 23.8 Å². The smallest absolute Gasteiger partial charge is 0.253 e.